The van der Waals surface area contributed by atoms with Crippen molar-refractivity contribution in [2.45, 2.75) is 43.2 Å². The Balaban J connectivity index is 1.90. The standard InChI is InChI=1S/C14H13F3O4S/c15-10-3-9-11(21-8-4-14(16,17)5-8)2-1-7(6-22(19)20)12(9)13(10)18/h1-2,8,10H,3-6H2,(H,19,20)/p-1. The normalized spacial score (nSPS) is 24.7. The van der Waals surface area contributed by atoms with Crippen molar-refractivity contribution in [3.63, 3.8) is 0 Å². The molecule has 0 N–H and O–H groups in total. The molecule has 0 aromatic heterocycles. The molecular weight excluding hydrogens is 321 g/mol. The lowest BCUT2D eigenvalue weighted by Crippen LogP contribution is -2.43. The van der Waals surface area contributed by atoms with Crippen LogP contribution in [0, 0.1) is 0 Å². The smallest absolute Gasteiger partial charge is 0.255 e. The Labute approximate surface area is 126 Å². The van der Waals surface area contributed by atoms with Crippen LogP contribution in [0.15, 0.2) is 12.1 Å². The fourth-order valence-corrected chi connectivity index (χ4v) is 3.34. The van der Waals surface area contributed by atoms with Crippen molar-refractivity contribution < 1.29 is 31.5 Å². The molecule has 1 saturated carbocycles. The maximum absolute atomic E-state index is 13.7. The minimum absolute atomic E-state index is 0.0142. The predicted molar refractivity (Wildman–Crippen MR) is 70.6 cm³/mol. The van der Waals surface area contributed by atoms with E-state index in [4.69, 9.17) is 4.74 Å². The predicted octanol–water partition coefficient (Wildman–Crippen LogP) is 2.32. The topological polar surface area (TPSA) is 66.4 Å². The molecule has 1 aromatic carbocycles. The fourth-order valence-electron chi connectivity index (χ4n) is 2.84. The number of alkyl halides is 3. The van der Waals surface area contributed by atoms with E-state index in [-0.39, 0.29) is 28.9 Å². The third-order valence-electron chi connectivity index (χ3n) is 3.89. The Morgan fingerprint density at radius 3 is 2.64 bits per heavy atom. The highest BCUT2D eigenvalue weighted by Gasteiger charge is 2.47. The summed E-state index contributed by atoms with van der Waals surface area (Å²) in [4.78, 5) is 11.9. The van der Waals surface area contributed by atoms with Crippen LogP contribution in [0.3, 0.4) is 0 Å². The van der Waals surface area contributed by atoms with Gasteiger partial charge < -0.3 is 9.29 Å². The lowest BCUT2D eigenvalue weighted by atomic mass is 9.90. The van der Waals surface area contributed by atoms with E-state index < -0.39 is 53.7 Å². The van der Waals surface area contributed by atoms with E-state index in [2.05, 4.69) is 0 Å². The number of benzene rings is 1. The molecular formula is C14H12F3O4S-. The Morgan fingerprint density at radius 2 is 2.05 bits per heavy atom. The van der Waals surface area contributed by atoms with Crippen molar-refractivity contribution in [2.24, 2.45) is 0 Å². The molecule has 0 bridgehead atoms. The van der Waals surface area contributed by atoms with Gasteiger partial charge in [-0.3, -0.25) is 9.00 Å². The number of rotatable bonds is 4. The molecule has 0 amide bonds. The number of carbonyl (C=O) groups excluding carboxylic acids is 1. The van der Waals surface area contributed by atoms with Crippen LogP contribution in [-0.2, 0) is 23.3 Å². The Morgan fingerprint density at radius 1 is 1.36 bits per heavy atom. The summed E-state index contributed by atoms with van der Waals surface area (Å²) in [5.74, 6) is -3.74. The van der Waals surface area contributed by atoms with Crippen molar-refractivity contribution >= 4 is 16.9 Å². The van der Waals surface area contributed by atoms with Crippen LogP contribution < -0.4 is 4.74 Å². The molecule has 22 heavy (non-hydrogen) atoms. The third-order valence-corrected chi connectivity index (χ3v) is 4.44. The largest absolute Gasteiger partial charge is 0.772 e. The third kappa shape index (κ3) is 2.77. The number of Topliss-reactive ketones (excluding diaryl/α,β-unsaturated/α-hetero) is 1. The van der Waals surface area contributed by atoms with E-state index in [1.54, 1.807) is 0 Å². The van der Waals surface area contributed by atoms with Crippen LogP contribution in [0.25, 0.3) is 0 Å². The zero-order valence-electron chi connectivity index (χ0n) is 11.3. The molecule has 0 radical (unpaired) electrons. The number of ether oxygens (including phenoxy) is 1. The molecule has 2 unspecified atom stereocenters. The molecule has 3 rings (SSSR count). The molecule has 4 nitrogen and oxygen atoms in total. The van der Waals surface area contributed by atoms with Gasteiger partial charge in [-0.15, -0.1) is 0 Å². The summed E-state index contributed by atoms with van der Waals surface area (Å²) in [5.41, 5.74) is 0.496. The zero-order valence-corrected chi connectivity index (χ0v) is 12.1. The lowest BCUT2D eigenvalue weighted by molar-refractivity contribution is -0.134. The summed E-state index contributed by atoms with van der Waals surface area (Å²) in [5, 5.41) is 0. The molecule has 0 saturated heterocycles. The Bertz CT molecular complexity index is 654. The monoisotopic (exact) mass is 333 g/mol. The second kappa shape index (κ2) is 5.34. The first-order valence-electron chi connectivity index (χ1n) is 6.70. The van der Waals surface area contributed by atoms with E-state index in [1.807, 2.05) is 0 Å². The van der Waals surface area contributed by atoms with Gasteiger partial charge in [0.1, 0.15) is 11.9 Å². The molecule has 1 aromatic rings. The molecule has 1 fully saturated rings. The first-order chi connectivity index (χ1) is 10.3. The van der Waals surface area contributed by atoms with Gasteiger partial charge in [0.2, 0.25) is 0 Å². The summed E-state index contributed by atoms with van der Waals surface area (Å²) in [6.45, 7) is 0. The van der Waals surface area contributed by atoms with Crippen LogP contribution in [0.1, 0.15) is 34.3 Å². The summed E-state index contributed by atoms with van der Waals surface area (Å²) < 4.78 is 66.4. The second-order valence-corrected chi connectivity index (χ2v) is 6.46. The van der Waals surface area contributed by atoms with Crippen molar-refractivity contribution in [1.29, 1.82) is 0 Å². The maximum Gasteiger partial charge on any atom is 0.255 e. The maximum atomic E-state index is 13.7. The molecule has 2 aliphatic carbocycles. The summed E-state index contributed by atoms with van der Waals surface area (Å²) in [7, 11) is 0. The van der Waals surface area contributed by atoms with Crippen molar-refractivity contribution in [2.75, 3.05) is 0 Å². The molecule has 0 spiro atoms. The number of fused-ring (bicyclic) bond motifs is 1. The van der Waals surface area contributed by atoms with Gasteiger partial charge in [0.15, 0.2) is 12.0 Å². The lowest BCUT2D eigenvalue weighted by Gasteiger charge is -2.35. The average molecular weight is 333 g/mol. The van der Waals surface area contributed by atoms with E-state index in [9.17, 15) is 26.7 Å². The van der Waals surface area contributed by atoms with Gasteiger partial charge in [0.05, 0.1) is 0 Å². The van der Waals surface area contributed by atoms with E-state index in [1.165, 1.54) is 12.1 Å². The Kier molecular flexibility index (Phi) is 3.76. The summed E-state index contributed by atoms with van der Waals surface area (Å²) in [6, 6.07) is 2.79. The minimum atomic E-state index is -2.74. The van der Waals surface area contributed by atoms with E-state index >= 15 is 0 Å². The van der Waals surface area contributed by atoms with Gasteiger partial charge >= 0.3 is 0 Å². The van der Waals surface area contributed by atoms with Gasteiger partial charge in [-0.2, -0.15) is 0 Å². The first kappa shape index (κ1) is 15.5. The highest BCUT2D eigenvalue weighted by molar-refractivity contribution is 7.78. The van der Waals surface area contributed by atoms with Crippen LogP contribution >= 0.6 is 0 Å². The van der Waals surface area contributed by atoms with Crippen LogP contribution in [0.4, 0.5) is 13.2 Å². The first-order valence-corrected chi connectivity index (χ1v) is 7.94. The fraction of sp³-hybridized carbons (Fsp3) is 0.500. The van der Waals surface area contributed by atoms with Crippen molar-refractivity contribution in [1.82, 2.24) is 0 Å². The molecule has 0 aliphatic heterocycles. The number of carbonyl (C=O) groups is 1. The van der Waals surface area contributed by atoms with Gasteiger partial charge in [0.25, 0.3) is 5.92 Å². The van der Waals surface area contributed by atoms with Gasteiger partial charge in [-0.25, -0.2) is 13.2 Å². The quantitative estimate of drug-likeness (QED) is 0.793. The van der Waals surface area contributed by atoms with Crippen LogP contribution in [0.5, 0.6) is 5.75 Å². The van der Waals surface area contributed by atoms with Crippen molar-refractivity contribution in [3.05, 3.63) is 28.8 Å². The summed E-state index contributed by atoms with van der Waals surface area (Å²) in [6.07, 6.45) is -3.47. The van der Waals surface area contributed by atoms with Crippen LogP contribution in [-0.4, -0.2) is 32.7 Å². The number of ketones is 1. The SMILES string of the molecule is O=C1c2c(CS(=O)[O-])ccc(OC3CC(F)(F)C3)c2CC1F. The number of halogens is 3. The van der Waals surface area contributed by atoms with Gasteiger partial charge in [-0.05, 0) is 11.6 Å². The van der Waals surface area contributed by atoms with Gasteiger partial charge in [-0.1, -0.05) is 17.1 Å². The van der Waals surface area contributed by atoms with Crippen LogP contribution in [0.2, 0.25) is 0 Å². The summed E-state index contributed by atoms with van der Waals surface area (Å²) >= 11 is -2.42. The molecule has 8 heteroatoms. The number of hydrogen-bond acceptors (Lipinski definition) is 4. The second-order valence-electron chi connectivity index (χ2n) is 5.56. The molecule has 2 atom stereocenters. The Hall–Kier alpha value is -1.41. The zero-order chi connectivity index (χ0) is 16.1. The molecule has 2 aliphatic rings. The van der Waals surface area contributed by atoms with Crippen molar-refractivity contribution in [3.8, 4) is 5.75 Å². The van der Waals surface area contributed by atoms with E-state index in [0.717, 1.165) is 0 Å². The average Bonchev–Trinajstić information content (AvgIpc) is 2.67. The molecule has 0 heterocycles. The minimum Gasteiger partial charge on any atom is -0.772 e. The van der Waals surface area contributed by atoms with E-state index in [0.29, 0.717) is 0 Å². The molecule has 120 valence electrons. The van der Waals surface area contributed by atoms with Gasteiger partial charge in [0, 0.05) is 36.1 Å². The highest BCUT2D eigenvalue weighted by Crippen LogP contribution is 2.42. The number of hydrogen-bond donors (Lipinski definition) is 0. The highest BCUT2D eigenvalue weighted by atomic mass is 32.2.